The highest BCUT2D eigenvalue weighted by Gasteiger charge is 2.08. The molecule has 0 bridgehead atoms. The van der Waals surface area contributed by atoms with Crippen LogP contribution in [-0.4, -0.2) is 4.98 Å². The Morgan fingerprint density at radius 2 is 1.89 bits per heavy atom. The van der Waals surface area contributed by atoms with Gasteiger partial charge in [-0.05, 0) is 23.8 Å². The number of hydrogen-bond donors (Lipinski definition) is 1. The van der Waals surface area contributed by atoms with Crippen LogP contribution >= 0.6 is 11.3 Å². The summed E-state index contributed by atoms with van der Waals surface area (Å²) in [5.41, 5.74) is 7.02. The summed E-state index contributed by atoms with van der Waals surface area (Å²) in [4.78, 5) is 5.58. The molecule has 0 saturated heterocycles. The lowest BCUT2D eigenvalue weighted by molar-refractivity contribution is 0.835. The number of nitrogens with zero attached hydrogens (tertiary/aromatic N) is 1. The van der Waals surface area contributed by atoms with Gasteiger partial charge < -0.3 is 5.73 Å². The fourth-order valence-corrected chi connectivity index (χ4v) is 2.82. The molecule has 2 nitrogen and oxygen atoms in total. The van der Waals surface area contributed by atoms with Crippen LogP contribution in [0, 0.1) is 0 Å². The van der Waals surface area contributed by atoms with Crippen molar-refractivity contribution in [2.45, 2.75) is 13.0 Å². The summed E-state index contributed by atoms with van der Waals surface area (Å²) in [5, 5.41) is 3.53. The minimum atomic E-state index is 0.0525. The van der Waals surface area contributed by atoms with Gasteiger partial charge in [-0.25, -0.2) is 4.98 Å². The highest BCUT2D eigenvalue weighted by atomic mass is 32.1. The zero-order valence-corrected chi connectivity index (χ0v) is 10.9. The predicted octanol–water partition coefficient (Wildman–Crippen LogP) is 3.98. The Hall–Kier alpha value is -1.71. The van der Waals surface area contributed by atoms with Crippen molar-refractivity contribution in [1.82, 2.24) is 4.98 Å². The molecule has 2 N–H and O–H groups in total. The first-order chi connectivity index (χ1) is 8.74. The lowest BCUT2D eigenvalue weighted by atomic mass is 10.1. The van der Waals surface area contributed by atoms with Gasteiger partial charge in [-0.2, -0.15) is 0 Å². The van der Waals surface area contributed by atoms with Crippen LogP contribution in [-0.2, 0) is 0 Å². The molecule has 1 heterocycles. The van der Waals surface area contributed by atoms with Crippen LogP contribution in [0.25, 0.3) is 21.3 Å². The Bertz CT molecular complexity index is 686. The van der Waals surface area contributed by atoms with Gasteiger partial charge in [-0.15, -0.1) is 11.3 Å². The Morgan fingerprint density at radius 1 is 1.11 bits per heavy atom. The van der Waals surface area contributed by atoms with E-state index in [1.54, 1.807) is 11.3 Å². The van der Waals surface area contributed by atoms with E-state index in [0.717, 1.165) is 15.4 Å². The van der Waals surface area contributed by atoms with Gasteiger partial charge in [0.15, 0.2) is 0 Å². The third kappa shape index (κ3) is 2.03. The summed E-state index contributed by atoms with van der Waals surface area (Å²) >= 11 is 1.67. The molecule has 3 aromatic rings. The van der Waals surface area contributed by atoms with Crippen LogP contribution in [0.3, 0.4) is 0 Å². The molecular formula is C15H14N2S. The monoisotopic (exact) mass is 254 g/mol. The van der Waals surface area contributed by atoms with Crippen LogP contribution in [0.2, 0.25) is 0 Å². The van der Waals surface area contributed by atoms with Crippen LogP contribution in [0.1, 0.15) is 17.8 Å². The molecular weight excluding hydrogens is 240 g/mol. The number of rotatable bonds is 2. The first-order valence-corrected chi connectivity index (χ1v) is 6.76. The first kappa shape index (κ1) is 11.4. The molecule has 0 fully saturated rings. The fraction of sp³-hybridized carbons (Fsp3) is 0.133. The molecule has 2 aromatic carbocycles. The Balaban J connectivity index is 2.07. The number of hydrogen-bond acceptors (Lipinski definition) is 3. The van der Waals surface area contributed by atoms with Crippen molar-refractivity contribution in [3.05, 3.63) is 53.5 Å². The maximum atomic E-state index is 5.87. The van der Waals surface area contributed by atoms with Gasteiger partial charge in [0.05, 0.1) is 0 Å². The molecule has 1 aromatic heterocycles. The van der Waals surface area contributed by atoms with E-state index in [9.17, 15) is 0 Å². The molecule has 0 amide bonds. The summed E-state index contributed by atoms with van der Waals surface area (Å²) in [7, 11) is 0. The first-order valence-electron chi connectivity index (χ1n) is 5.94. The van der Waals surface area contributed by atoms with Crippen molar-refractivity contribution >= 4 is 22.1 Å². The number of fused-ring (bicyclic) bond motifs is 1. The zero-order valence-electron chi connectivity index (χ0n) is 10.1. The molecule has 0 aliphatic carbocycles. The third-order valence-corrected chi connectivity index (χ3v) is 4.22. The zero-order chi connectivity index (χ0) is 12.5. The molecule has 0 radical (unpaired) electrons. The maximum Gasteiger partial charge on any atom is 0.123 e. The fourth-order valence-electron chi connectivity index (χ4n) is 1.95. The molecule has 1 unspecified atom stereocenters. The molecule has 0 aliphatic heterocycles. The Kier molecular flexibility index (Phi) is 2.86. The number of thiazole rings is 1. The van der Waals surface area contributed by atoms with E-state index >= 15 is 0 Å². The summed E-state index contributed by atoms with van der Waals surface area (Å²) in [6.07, 6.45) is 1.87. The van der Waals surface area contributed by atoms with E-state index in [1.807, 2.05) is 13.1 Å². The lowest BCUT2D eigenvalue weighted by Crippen LogP contribution is -2.01. The highest BCUT2D eigenvalue weighted by molar-refractivity contribution is 7.15. The molecule has 0 spiro atoms. The van der Waals surface area contributed by atoms with E-state index in [-0.39, 0.29) is 6.04 Å². The minimum Gasteiger partial charge on any atom is -0.323 e. The summed E-state index contributed by atoms with van der Waals surface area (Å²) in [6.45, 7) is 1.98. The van der Waals surface area contributed by atoms with Gasteiger partial charge in [0.25, 0.3) is 0 Å². The Labute approximate surface area is 110 Å². The molecule has 0 aliphatic rings. The number of nitrogens with two attached hydrogens (primary N) is 1. The minimum absolute atomic E-state index is 0.0525. The molecule has 3 heteroatoms. The van der Waals surface area contributed by atoms with Gasteiger partial charge in [0.2, 0.25) is 0 Å². The molecule has 1 atom stereocenters. The second kappa shape index (κ2) is 4.52. The summed E-state index contributed by atoms with van der Waals surface area (Å²) in [6, 6.07) is 14.8. The van der Waals surface area contributed by atoms with E-state index in [4.69, 9.17) is 5.73 Å². The SMILES string of the molecule is CC(N)c1cnc(-c2ccc3ccccc3c2)s1. The van der Waals surface area contributed by atoms with Crippen molar-refractivity contribution in [3.8, 4) is 10.6 Å². The molecule has 3 rings (SSSR count). The van der Waals surface area contributed by atoms with Crippen LogP contribution in [0.15, 0.2) is 48.7 Å². The third-order valence-electron chi connectivity index (χ3n) is 2.97. The largest absolute Gasteiger partial charge is 0.323 e. The van der Waals surface area contributed by atoms with E-state index in [2.05, 4.69) is 47.4 Å². The number of aromatic nitrogens is 1. The van der Waals surface area contributed by atoms with Gasteiger partial charge in [-0.1, -0.05) is 36.4 Å². The van der Waals surface area contributed by atoms with Crippen molar-refractivity contribution in [1.29, 1.82) is 0 Å². The molecule has 90 valence electrons. The van der Waals surface area contributed by atoms with Gasteiger partial charge in [0, 0.05) is 22.7 Å². The van der Waals surface area contributed by atoms with Crippen molar-refractivity contribution in [2.24, 2.45) is 5.73 Å². The van der Waals surface area contributed by atoms with Crippen molar-refractivity contribution in [3.63, 3.8) is 0 Å². The van der Waals surface area contributed by atoms with E-state index in [1.165, 1.54) is 10.8 Å². The summed E-state index contributed by atoms with van der Waals surface area (Å²) < 4.78 is 0. The highest BCUT2D eigenvalue weighted by Crippen LogP contribution is 2.29. The topological polar surface area (TPSA) is 38.9 Å². The molecule has 18 heavy (non-hydrogen) atoms. The number of benzene rings is 2. The van der Waals surface area contributed by atoms with Gasteiger partial charge in [0.1, 0.15) is 5.01 Å². The standard InChI is InChI=1S/C15H14N2S/c1-10(16)14-9-17-15(18-14)13-7-6-11-4-2-3-5-12(11)8-13/h2-10H,16H2,1H3. The average molecular weight is 254 g/mol. The van der Waals surface area contributed by atoms with Crippen LogP contribution in [0.4, 0.5) is 0 Å². The quantitative estimate of drug-likeness (QED) is 0.751. The van der Waals surface area contributed by atoms with Gasteiger partial charge >= 0.3 is 0 Å². The van der Waals surface area contributed by atoms with E-state index < -0.39 is 0 Å². The van der Waals surface area contributed by atoms with Gasteiger partial charge in [-0.3, -0.25) is 0 Å². The summed E-state index contributed by atoms with van der Waals surface area (Å²) in [5.74, 6) is 0. The average Bonchev–Trinajstić information content (AvgIpc) is 2.88. The molecule has 0 saturated carbocycles. The normalized spacial score (nSPS) is 12.8. The lowest BCUT2D eigenvalue weighted by Gasteiger charge is -2.01. The predicted molar refractivity (Wildman–Crippen MR) is 77.7 cm³/mol. The van der Waals surface area contributed by atoms with Crippen molar-refractivity contribution < 1.29 is 0 Å². The van der Waals surface area contributed by atoms with E-state index in [0.29, 0.717) is 0 Å². The van der Waals surface area contributed by atoms with Crippen LogP contribution in [0.5, 0.6) is 0 Å². The van der Waals surface area contributed by atoms with Crippen LogP contribution < -0.4 is 5.73 Å². The second-order valence-electron chi connectivity index (χ2n) is 4.42. The second-order valence-corrected chi connectivity index (χ2v) is 5.48. The smallest absolute Gasteiger partial charge is 0.123 e. The maximum absolute atomic E-state index is 5.87. The van der Waals surface area contributed by atoms with Crippen molar-refractivity contribution in [2.75, 3.05) is 0 Å². The Morgan fingerprint density at radius 3 is 2.61 bits per heavy atom.